The molecule has 0 fully saturated rings. The first-order valence-corrected chi connectivity index (χ1v) is 10.4. The molecule has 0 aromatic heterocycles. The molecule has 31 heavy (non-hydrogen) atoms. The Labute approximate surface area is 254 Å². The molecule has 2 aromatic carbocycles. The number of nitrogens with two attached hydrogens (primary N) is 1. The van der Waals surface area contributed by atoms with Gasteiger partial charge in [-0.15, -0.1) is 0 Å². The molecule has 12 heteroatoms. The van der Waals surface area contributed by atoms with Crippen molar-refractivity contribution in [1.29, 1.82) is 0 Å². The van der Waals surface area contributed by atoms with Gasteiger partial charge >= 0.3 is 0 Å². The van der Waals surface area contributed by atoms with E-state index in [4.69, 9.17) is 16.9 Å². The monoisotopic (exact) mass is 870 g/mol. The third-order valence-corrected chi connectivity index (χ3v) is 5.49. The van der Waals surface area contributed by atoms with Crippen molar-refractivity contribution in [2.45, 2.75) is 30.7 Å². The minimum atomic E-state index is -3.75. The summed E-state index contributed by atoms with van der Waals surface area (Å²) in [5.41, 5.74) is 14.5. The van der Waals surface area contributed by atoms with E-state index in [0.717, 1.165) is 5.56 Å². The van der Waals surface area contributed by atoms with Gasteiger partial charge in [0.1, 0.15) is 0 Å². The number of sulfonamides is 1. The van der Waals surface area contributed by atoms with Gasteiger partial charge in [0.2, 0.25) is 5.91 Å². The molecule has 0 saturated carbocycles. The zero-order valence-electron chi connectivity index (χ0n) is 17.1. The van der Waals surface area contributed by atoms with E-state index in [0.29, 0.717) is 24.3 Å². The van der Waals surface area contributed by atoms with Gasteiger partial charge < -0.3 is 27.5 Å². The average molecular weight is 871 g/mol. The Kier molecular flexibility index (Phi) is 14.7. The molecule has 9 nitrogen and oxygen atoms in total. The average Bonchev–Trinajstić information content (AvgIpc) is 2.68. The molecule has 0 spiro atoms. The van der Waals surface area contributed by atoms with E-state index in [9.17, 15) is 13.2 Å². The minimum absolute atomic E-state index is 0. The molecule has 0 aliphatic rings. The van der Waals surface area contributed by atoms with Crippen LogP contribution >= 0.6 is 0 Å². The van der Waals surface area contributed by atoms with Crippen LogP contribution in [-0.4, -0.2) is 32.9 Å². The van der Waals surface area contributed by atoms with Crippen molar-refractivity contribution >= 4 is 33.3 Å². The van der Waals surface area contributed by atoms with Crippen LogP contribution in [0.15, 0.2) is 53.4 Å². The van der Waals surface area contributed by atoms with Crippen LogP contribution in [0, 0.1) is 95.0 Å². The Balaban J connectivity index is 0.00000450. The quantitative estimate of drug-likeness (QED) is 0.173. The van der Waals surface area contributed by atoms with E-state index < -0.39 is 27.9 Å². The van der Waals surface area contributed by atoms with Crippen LogP contribution < -0.4 is 21.1 Å². The van der Waals surface area contributed by atoms with Crippen LogP contribution in [0.1, 0.15) is 18.4 Å². The predicted octanol–water partition coefficient (Wildman–Crippen LogP) is 2.41. The molecule has 1 amide bonds. The first-order valence-electron chi connectivity index (χ1n) is 8.95. The van der Waals surface area contributed by atoms with Crippen LogP contribution in [0.5, 0.6) is 0 Å². The smallest absolute Gasteiger partial charge is 0.261 e. The molecule has 0 aliphatic carbocycles. The standard InChI is InChI=1S/C19H24N6O3S.2Ac/c1-13-9-10-14(25-29(27,28)15-6-3-2-4-7-15)12-17(13)24-18(26)16(20)8-5-11-23-19(21)22;;/h2-4,6-7,9-10,12,16,20,25H,5,8,11H2,1H3,(H4-,21,22,23,24,26);;/q-2;;/t16-;;/m1../s1. The van der Waals surface area contributed by atoms with Crippen LogP contribution in [0.4, 0.5) is 11.4 Å². The van der Waals surface area contributed by atoms with E-state index in [-0.39, 0.29) is 99.4 Å². The summed E-state index contributed by atoms with van der Waals surface area (Å²) >= 11 is 0. The molecule has 0 bridgehead atoms. The second-order valence-corrected chi connectivity index (χ2v) is 8.13. The van der Waals surface area contributed by atoms with Gasteiger partial charge in [0, 0.05) is 99.8 Å². The molecule has 162 valence electrons. The van der Waals surface area contributed by atoms with Crippen LogP contribution in [0.3, 0.4) is 0 Å². The molecule has 2 radical (unpaired) electrons. The number of nitrogens with zero attached hydrogens (tertiary/aromatic N) is 1. The Bertz CT molecular complexity index is 974. The summed E-state index contributed by atoms with van der Waals surface area (Å²) in [5, 5.41) is 14.0. The SMILES string of the molecule is Cc1ccc(NS(=O)(=O)c2ccccc2)cc1NC(=O)[C@H]([NH-])CCCNC(=[N-])N.[Ac].[Ac]. The van der Waals surface area contributed by atoms with E-state index in [1.165, 1.54) is 18.2 Å². The van der Waals surface area contributed by atoms with Gasteiger partial charge in [0.25, 0.3) is 10.0 Å². The number of carbonyl (C=O) groups excluding carboxylic acids is 1. The van der Waals surface area contributed by atoms with Gasteiger partial charge in [0.15, 0.2) is 0 Å². The normalized spacial score (nSPS) is 11.3. The number of rotatable bonds is 9. The number of benzene rings is 2. The number of amides is 1. The largest absolute Gasteiger partial charge is 0.667 e. The first kappa shape index (κ1) is 30.8. The number of guanidine groups is 1. The summed E-state index contributed by atoms with van der Waals surface area (Å²) in [6.07, 6.45) is 0.740. The molecule has 6 N–H and O–H groups in total. The minimum Gasteiger partial charge on any atom is -0.667 e. The third kappa shape index (κ3) is 10.5. The molecule has 2 aromatic rings. The van der Waals surface area contributed by atoms with Gasteiger partial charge in [-0.3, -0.25) is 9.52 Å². The Morgan fingerprint density at radius 2 is 1.81 bits per heavy atom. The number of hydrogen-bond acceptors (Lipinski definition) is 3. The second-order valence-electron chi connectivity index (χ2n) is 6.44. The fourth-order valence-corrected chi connectivity index (χ4v) is 3.58. The second kappa shape index (κ2) is 14.8. The van der Waals surface area contributed by atoms with Gasteiger partial charge in [-0.25, -0.2) is 8.42 Å². The molecule has 0 heterocycles. The topological polar surface area (TPSA) is 159 Å². The van der Waals surface area contributed by atoms with Crippen LogP contribution in [-0.2, 0) is 14.8 Å². The van der Waals surface area contributed by atoms with E-state index in [1.54, 1.807) is 37.3 Å². The van der Waals surface area contributed by atoms with Crippen molar-refractivity contribution < 1.29 is 101 Å². The summed E-state index contributed by atoms with van der Waals surface area (Å²) in [6, 6.07) is 11.7. The van der Waals surface area contributed by atoms with Crippen molar-refractivity contribution in [1.82, 2.24) is 5.32 Å². The summed E-state index contributed by atoms with van der Waals surface area (Å²) in [4.78, 5) is 12.4. The molecule has 2 rings (SSSR count). The molecule has 0 aliphatic heterocycles. The Morgan fingerprint density at radius 3 is 2.42 bits per heavy atom. The number of nitrogens with one attached hydrogen (secondary N) is 4. The predicted molar refractivity (Wildman–Crippen MR) is 115 cm³/mol. The van der Waals surface area contributed by atoms with Gasteiger partial charge in [-0.05, 0) is 49.7 Å². The Morgan fingerprint density at radius 1 is 1.16 bits per heavy atom. The van der Waals surface area contributed by atoms with Crippen molar-refractivity contribution in [3.05, 3.63) is 65.2 Å². The van der Waals surface area contributed by atoms with Crippen LogP contribution in [0.25, 0.3) is 11.1 Å². The molecule has 0 unspecified atom stereocenters. The van der Waals surface area contributed by atoms with Crippen molar-refractivity contribution in [2.75, 3.05) is 16.6 Å². The van der Waals surface area contributed by atoms with E-state index in [1.807, 2.05) is 0 Å². The van der Waals surface area contributed by atoms with E-state index >= 15 is 0 Å². The zero-order chi connectivity index (χ0) is 21.4. The van der Waals surface area contributed by atoms with E-state index in [2.05, 4.69) is 15.4 Å². The summed E-state index contributed by atoms with van der Waals surface area (Å²) in [6.45, 7) is 2.12. The summed E-state index contributed by atoms with van der Waals surface area (Å²) in [7, 11) is -3.75. The number of aryl methyl sites for hydroxylation is 1. The van der Waals surface area contributed by atoms with Crippen molar-refractivity contribution in [2.24, 2.45) is 5.73 Å². The molecular weight excluding hydrogens is 846 g/mol. The fourth-order valence-electron chi connectivity index (χ4n) is 2.51. The zero-order valence-corrected chi connectivity index (χ0v) is 27.4. The summed E-state index contributed by atoms with van der Waals surface area (Å²) in [5.74, 6) is -0.904. The van der Waals surface area contributed by atoms with Crippen molar-refractivity contribution in [3.63, 3.8) is 0 Å². The molecular formula is C19H24Ac2N6O3S-2. The molecule has 0 saturated heterocycles. The van der Waals surface area contributed by atoms with Crippen molar-refractivity contribution in [3.8, 4) is 0 Å². The number of anilines is 2. The van der Waals surface area contributed by atoms with Gasteiger partial charge in [0.05, 0.1) is 10.6 Å². The maximum absolute atomic E-state index is 12.5. The first-order chi connectivity index (χ1) is 13.7. The van der Waals surface area contributed by atoms with Gasteiger partial charge in [-0.1, -0.05) is 36.7 Å². The van der Waals surface area contributed by atoms with Gasteiger partial charge in [-0.2, -0.15) is 0 Å². The third-order valence-electron chi connectivity index (χ3n) is 4.09. The fraction of sp³-hybridized carbons (Fsp3) is 0.263. The Hall–Kier alpha value is -0.227. The maximum Gasteiger partial charge on any atom is 0.261 e. The maximum atomic E-state index is 12.5. The number of carbonyl (C=O) groups is 1. The molecule has 1 atom stereocenters. The van der Waals surface area contributed by atoms with Crippen LogP contribution in [0.2, 0.25) is 0 Å². The number of hydrogen-bond donors (Lipinski definition) is 4. The summed E-state index contributed by atoms with van der Waals surface area (Å²) < 4.78 is 27.4.